The molecule has 0 saturated carbocycles. The zero-order valence-electron chi connectivity index (χ0n) is 11.0. The molecule has 0 aromatic rings. The third-order valence-corrected chi connectivity index (χ3v) is 5.66. The Hall–Kier alpha value is -0.170. The van der Waals surface area contributed by atoms with Crippen LogP contribution in [0, 0.1) is 0 Å². The van der Waals surface area contributed by atoms with Gasteiger partial charge in [-0.05, 0) is 46.8 Å². The summed E-state index contributed by atoms with van der Waals surface area (Å²) < 4.78 is 25.9. The van der Waals surface area contributed by atoms with E-state index in [1.807, 2.05) is 7.05 Å². The van der Waals surface area contributed by atoms with E-state index in [0.717, 1.165) is 25.9 Å². The fraction of sp³-hybridized carbons (Fsp3) is 1.00. The molecule has 1 rings (SSSR count). The minimum Gasteiger partial charge on any atom is -0.395 e. The first kappa shape index (κ1) is 14.9. The lowest BCUT2D eigenvalue weighted by molar-refractivity contribution is 0.160. The standard InChI is InChI=1S/C11H24N2O3S/c1-10(2)17(15,16)13(8-9-14)11-4-6-12(3)7-5-11/h10-11,14H,4-9H2,1-3H3. The van der Waals surface area contributed by atoms with Crippen LogP contribution in [0.1, 0.15) is 26.7 Å². The highest BCUT2D eigenvalue weighted by molar-refractivity contribution is 7.89. The lowest BCUT2D eigenvalue weighted by atomic mass is 10.1. The van der Waals surface area contributed by atoms with Crippen LogP contribution in [-0.4, -0.2) is 67.3 Å². The predicted octanol–water partition coefficient (Wildman–Crippen LogP) is 0.113. The van der Waals surface area contributed by atoms with Crippen molar-refractivity contribution in [2.45, 2.75) is 38.0 Å². The number of aliphatic hydroxyl groups excluding tert-OH is 1. The molecule has 0 unspecified atom stereocenters. The summed E-state index contributed by atoms with van der Waals surface area (Å²) >= 11 is 0. The van der Waals surface area contributed by atoms with E-state index in [-0.39, 0.29) is 19.2 Å². The molecule has 0 radical (unpaired) electrons. The molecular formula is C11H24N2O3S. The molecule has 0 amide bonds. The van der Waals surface area contributed by atoms with Crippen molar-refractivity contribution in [3.63, 3.8) is 0 Å². The van der Waals surface area contributed by atoms with Crippen molar-refractivity contribution in [2.24, 2.45) is 0 Å². The van der Waals surface area contributed by atoms with E-state index in [1.165, 1.54) is 4.31 Å². The topological polar surface area (TPSA) is 60.9 Å². The summed E-state index contributed by atoms with van der Waals surface area (Å²) in [6.45, 7) is 5.32. The molecule has 0 atom stereocenters. The quantitative estimate of drug-likeness (QED) is 0.766. The molecule has 1 N–H and O–H groups in total. The van der Waals surface area contributed by atoms with E-state index in [1.54, 1.807) is 13.8 Å². The number of rotatable bonds is 5. The molecule has 0 aromatic heterocycles. The van der Waals surface area contributed by atoms with Gasteiger partial charge in [-0.2, -0.15) is 4.31 Å². The number of sulfonamides is 1. The van der Waals surface area contributed by atoms with Crippen molar-refractivity contribution in [2.75, 3.05) is 33.3 Å². The molecule has 1 saturated heterocycles. The van der Waals surface area contributed by atoms with Gasteiger partial charge in [0.05, 0.1) is 11.9 Å². The Morgan fingerprint density at radius 3 is 2.29 bits per heavy atom. The van der Waals surface area contributed by atoms with Crippen molar-refractivity contribution in [1.29, 1.82) is 0 Å². The van der Waals surface area contributed by atoms with Gasteiger partial charge in [0.25, 0.3) is 0 Å². The monoisotopic (exact) mass is 264 g/mol. The van der Waals surface area contributed by atoms with Gasteiger partial charge < -0.3 is 10.0 Å². The third-order valence-electron chi connectivity index (χ3n) is 3.34. The van der Waals surface area contributed by atoms with Gasteiger partial charge in [-0.15, -0.1) is 0 Å². The first-order valence-electron chi connectivity index (χ1n) is 6.19. The maximum absolute atomic E-state index is 12.2. The van der Waals surface area contributed by atoms with Crippen LogP contribution in [0.5, 0.6) is 0 Å². The molecule has 1 aliphatic rings. The van der Waals surface area contributed by atoms with E-state index in [0.29, 0.717) is 0 Å². The fourth-order valence-electron chi connectivity index (χ4n) is 2.17. The molecule has 6 heteroatoms. The molecule has 102 valence electrons. The molecule has 17 heavy (non-hydrogen) atoms. The summed E-state index contributed by atoms with van der Waals surface area (Å²) in [7, 11) is -1.22. The van der Waals surface area contributed by atoms with Crippen LogP contribution in [0.2, 0.25) is 0 Å². The highest BCUT2D eigenvalue weighted by atomic mass is 32.2. The summed E-state index contributed by atoms with van der Waals surface area (Å²) in [5, 5.41) is 8.63. The van der Waals surface area contributed by atoms with Gasteiger partial charge in [0.1, 0.15) is 0 Å². The van der Waals surface area contributed by atoms with Crippen LogP contribution < -0.4 is 0 Å². The number of piperidine rings is 1. The van der Waals surface area contributed by atoms with Crippen LogP contribution >= 0.6 is 0 Å². The lowest BCUT2D eigenvalue weighted by Crippen LogP contribution is -2.49. The smallest absolute Gasteiger partial charge is 0.216 e. The van der Waals surface area contributed by atoms with Crippen LogP contribution in [0.15, 0.2) is 0 Å². The average molecular weight is 264 g/mol. The van der Waals surface area contributed by atoms with Gasteiger partial charge in [0, 0.05) is 12.6 Å². The first-order valence-corrected chi connectivity index (χ1v) is 7.70. The highest BCUT2D eigenvalue weighted by Crippen LogP contribution is 2.20. The third kappa shape index (κ3) is 3.64. The van der Waals surface area contributed by atoms with Crippen molar-refractivity contribution in [3.05, 3.63) is 0 Å². The maximum Gasteiger partial charge on any atom is 0.216 e. The van der Waals surface area contributed by atoms with Crippen molar-refractivity contribution in [1.82, 2.24) is 9.21 Å². The summed E-state index contributed by atoms with van der Waals surface area (Å²) in [6.07, 6.45) is 1.70. The van der Waals surface area contributed by atoms with Gasteiger partial charge in [-0.3, -0.25) is 0 Å². The number of hydrogen-bond acceptors (Lipinski definition) is 4. The minimum atomic E-state index is -3.26. The zero-order valence-corrected chi connectivity index (χ0v) is 11.8. The molecule has 5 nitrogen and oxygen atoms in total. The second kappa shape index (κ2) is 6.13. The van der Waals surface area contributed by atoms with Crippen LogP contribution in [0.4, 0.5) is 0 Å². The average Bonchev–Trinajstić information content (AvgIpc) is 2.27. The normalized spacial score (nSPS) is 20.4. The Bertz CT molecular complexity index is 322. The summed E-state index contributed by atoms with van der Waals surface area (Å²) in [6, 6.07) is 0.0470. The molecule has 0 spiro atoms. The van der Waals surface area contributed by atoms with Crippen molar-refractivity contribution in [3.8, 4) is 0 Å². The van der Waals surface area contributed by atoms with Crippen LogP contribution in [0.25, 0.3) is 0 Å². The first-order chi connectivity index (χ1) is 7.89. The zero-order chi connectivity index (χ0) is 13.1. The second-order valence-electron chi connectivity index (χ2n) is 4.96. The van der Waals surface area contributed by atoms with E-state index in [4.69, 9.17) is 5.11 Å². The van der Waals surface area contributed by atoms with E-state index in [9.17, 15) is 8.42 Å². The summed E-state index contributed by atoms with van der Waals surface area (Å²) in [5.41, 5.74) is 0. The number of hydrogen-bond donors (Lipinski definition) is 1. The van der Waals surface area contributed by atoms with Crippen LogP contribution in [0.3, 0.4) is 0 Å². The molecule has 0 aliphatic carbocycles. The molecule has 0 aromatic carbocycles. The van der Waals surface area contributed by atoms with Gasteiger partial charge in [0.15, 0.2) is 0 Å². The number of likely N-dealkylation sites (tertiary alicyclic amines) is 1. The lowest BCUT2D eigenvalue weighted by Gasteiger charge is -2.37. The van der Waals surface area contributed by atoms with Crippen molar-refractivity contribution >= 4 is 10.0 Å². The largest absolute Gasteiger partial charge is 0.395 e. The van der Waals surface area contributed by atoms with Crippen molar-refractivity contribution < 1.29 is 13.5 Å². The Morgan fingerprint density at radius 1 is 1.35 bits per heavy atom. The Morgan fingerprint density at radius 2 is 1.88 bits per heavy atom. The summed E-state index contributed by atoms with van der Waals surface area (Å²) in [4.78, 5) is 2.20. The second-order valence-corrected chi connectivity index (χ2v) is 7.40. The number of nitrogens with zero attached hydrogens (tertiary/aromatic N) is 2. The van der Waals surface area contributed by atoms with Gasteiger partial charge in [-0.1, -0.05) is 0 Å². The van der Waals surface area contributed by atoms with E-state index >= 15 is 0 Å². The van der Waals surface area contributed by atoms with Gasteiger partial charge >= 0.3 is 0 Å². The van der Waals surface area contributed by atoms with Gasteiger partial charge in [-0.25, -0.2) is 8.42 Å². The predicted molar refractivity (Wildman–Crippen MR) is 68.4 cm³/mol. The molecular weight excluding hydrogens is 240 g/mol. The Labute approximate surface area is 104 Å². The highest BCUT2D eigenvalue weighted by Gasteiger charge is 2.33. The van der Waals surface area contributed by atoms with E-state index in [2.05, 4.69) is 4.90 Å². The molecule has 0 bridgehead atoms. The van der Waals surface area contributed by atoms with E-state index < -0.39 is 15.3 Å². The van der Waals surface area contributed by atoms with Gasteiger partial charge in [0.2, 0.25) is 10.0 Å². The number of aliphatic hydroxyl groups is 1. The molecule has 1 heterocycles. The minimum absolute atomic E-state index is 0.0470. The maximum atomic E-state index is 12.2. The summed E-state index contributed by atoms with van der Waals surface area (Å²) in [5.74, 6) is 0. The Kier molecular flexibility index (Phi) is 5.37. The molecule has 1 fully saturated rings. The van der Waals surface area contributed by atoms with Crippen LogP contribution in [-0.2, 0) is 10.0 Å². The Balaban J connectivity index is 2.79. The molecule has 1 aliphatic heterocycles. The SMILES string of the molecule is CC(C)S(=O)(=O)N(CCO)C1CCN(C)CC1. The fourth-order valence-corrected chi connectivity index (χ4v) is 3.67.